The topological polar surface area (TPSA) is 64.9 Å². The number of rotatable bonds is 2. The Morgan fingerprint density at radius 3 is 1.66 bits per heavy atom. The summed E-state index contributed by atoms with van der Waals surface area (Å²) in [6, 6.07) is 26.5. The molecule has 0 spiro atoms. The molecule has 0 fully saturated rings. The van der Waals surface area contributed by atoms with Gasteiger partial charge in [0, 0.05) is 23.1 Å². The van der Waals surface area contributed by atoms with Crippen LogP contribution in [0, 0.1) is 27.7 Å². The van der Waals surface area contributed by atoms with E-state index in [1.165, 1.54) is 38.6 Å². The zero-order valence-corrected chi connectivity index (χ0v) is 20.6. The maximum absolute atomic E-state index is 6.43. The first-order valence-corrected chi connectivity index (χ1v) is 12.1. The lowest BCUT2D eigenvalue weighted by Crippen LogP contribution is -2.29. The second kappa shape index (κ2) is 7.44. The quantitative estimate of drug-likeness (QED) is 0.276. The van der Waals surface area contributed by atoms with E-state index in [1.807, 2.05) is 12.3 Å². The highest BCUT2D eigenvalue weighted by molar-refractivity contribution is 5.95. The molecule has 3 heteroatoms. The van der Waals surface area contributed by atoms with Crippen LogP contribution in [0.2, 0.25) is 0 Å². The van der Waals surface area contributed by atoms with E-state index in [4.69, 9.17) is 16.5 Å². The molecule has 1 aliphatic rings. The van der Waals surface area contributed by atoms with Gasteiger partial charge in [-0.05, 0) is 101 Å². The molecular weight excluding hydrogens is 426 g/mol. The molecule has 4 aromatic carbocycles. The summed E-state index contributed by atoms with van der Waals surface area (Å²) >= 11 is 0. The number of aromatic nitrogens is 1. The van der Waals surface area contributed by atoms with Gasteiger partial charge in [-0.3, -0.25) is 4.98 Å². The van der Waals surface area contributed by atoms with Crippen molar-refractivity contribution in [3.05, 3.63) is 124 Å². The van der Waals surface area contributed by atoms with E-state index in [9.17, 15) is 0 Å². The van der Waals surface area contributed by atoms with Gasteiger partial charge in [0.25, 0.3) is 0 Å². The Bertz CT molecular complexity index is 1560. The summed E-state index contributed by atoms with van der Waals surface area (Å²) in [7, 11) is 0. The molecule has 0 atom stereocenters. The van der Waals surface area contributed by atoms with Crippen molar-refractivity contribution in [3.8, 4) is 11.3 Å². The average Bonchev–Trinajstić information content (AvgIpc) is 3.14. The predicted octanol–water partition coefficient (Wildman–Crippen LogP) is 7.00. The molecule has 0 bridgehead atoms. The molecule has 0 radical (unpaired) electrons. The molecule has 0 aliphatic heterocycles. The summed E-state index contributed by atoms with van der Waals surface area (Å²) in [5.74, 6) is 0. The number of fused-ring (bicyclic) bond motifs is 4. The van der Waals surface area contributed by atoms with Gasteiger partial charge in [-0.15, -0.1) is 0 Å². The third-order valence-electron chi connectivity index (χ3n) is 7.81. The van der Waals surface area contributed by atoms with E-state index in [-0.39, 0.29) is 0 Å². The van der Waals surface area contributed by atoms with Gasteiger partial charge in [0.15, 0.2) is 0 Å². The van der Waals surface area contributed by atoms with Crippen LogP contribution in [0.4, 0.5) is 11.4 Å². The molecule has 4 N–H and O–H groups in total. The first-order chi connectivity index (χ1) is 16.8. The van der Waals surface area contributed by atoms with Crippen molar-refractivity contribution in [1.82, 2.24) is 4.98 Å². The lowest BCUT2D eigenvalue weighted by atomic mass is 9.66. The fraction of sp³-hybridized carbons (Fsp3) is 0.156. The van der Waals surface area contributed by atoms with Gasteiger partial charge in [0.1, 0.15) is 0 Å². The summed E-state index contributed by atoms with van der Waals surface area (Å²) < 4.78 is 0. The highest BCUT2D eigenvalue weighted by atomic mass is 14.7. The Labute approximate surface area is 206 Å². The number of nitrogen functional groups attached to an aromatic ring is 2. The fourth-order valence-electron chi connectivity index (χ4n) is 5.99. The van der Waals surface area contributed by atoms with Crippen molar-refractivity contribution in [3.63, 3.8) is 0 Å². The third kappa shape index (κ3) is 2.88. The number of aryl methyl sites for hydroxylation is 4. The highest BCUT2D eigenvalue weighted by Crippen LogP contribution is 2.57. The van der Waals surface area contributed by atoms with E-state index in [2.05, 4.69) is 94.4 Å². The zero-order chi connectivity index (χ0) is 24.5. The normalized spacial score (nSPS) is 13.6. The molecule has 35 heavy (non-hydrogen) atoms. The van der Waals surface area contributed by atoms with Crippen LogP contribution in [0.15, 0.2) is 79.0 Å². The van der Waals surface area contributed by atoms with E-state index in [0.29, 0.717) is 0 Å². The molecule has 0 saturated carbocycles. The molecule has 172 valence electrons. The van der Waals surface area contributed by atoms with Crippen LogP contribution in [0.1, 0.15) is 44.5 Å². The highest BCUT2D eigenvalue weighted by Gasteiger charge is 2.47. The van der Waals surface area contributed by atoms with Gasteiger partial charge in [-0.2, -0.15) is 0 Å². The Hall–Kier alpha value is -4.11. The SMILES string of the molecule is Cc1cc(C2(c3cc(C)c(N)c(C)c3)c3cc4ccccc4cc3-c3ncccc32)cc(C)c1N. The second-order valence-corrected chi connectivity index (χ2v) is 9.94. The molecule has 1 aromatic heterocycles. The number of nitrogens with zero attached hydrogens (tertiary/aromatic N) is 1. The first-order valence-electron chi connectivity index (χ1n) is 12.1. The summed E-state index contributed by atoms with van der Waals surface area (Å²) in [4.78, 5) is 4.93. The number of nitrogens with two attached hydrogens (primary N) is 2. The lowest BCUT2D eigenvalue weighted by molar-refractivity contribution is 0.763. The van der Waals surface area contributed by atoms with Crippen molar-refractivity contribution in [2.45, 2.75) is 33.1 Å². The van der Waals surface area contributed by atoms with Crippen LogP contribution in [-0.2, 0) is 5.41 Å². The molecule has 0 saturated heterocycles. The van der Waals surface area contributed by atoms with Crippen LogP contribution in [0.25, 0.3) is 22.0 Å². The molecule has 1 aliphatic carbocycles. The largest absolute Gasteiger partial charge is 0.398 e. The van der Waals surface area contributed by atoms with Crippen molar-refractivity contribution in [2.24, 2.45) is 0 Å². The van der Waals surface area contributed by atoms with Gasteiger partial charge in [-0.1, -0.05) is 54.6 Å². The Kier molecular flexibility index (Phi) is 4.56. The minimum absolute atomic E-state index is 0.532. The maximum atomic E-state index is 6.43. The summed E-state index contributed by atoms with van der Waals surface area (Å²) in [6.45, 7) is 8.39. The lowest BCUT2D eigenvalue weighted by Gasteiger charge is -2.35. The van der Waals surface area contributed by atoms with Gasteiger partial charge in [0.2, 0.25) is 0 Å². The number of benzene rings is 4. The molecule has 0 amide bonds. The van der Waals surface area contributed by atoms with E-state index in [1.54, 1.807) is 0 Å². The van der Waals surface area contributed by atoms with Crippen molar-refractivity contribution in [1.29, 1.82) is 0 Å². The fourth-order valence-corrected chi connectivity index (χ4v) is 5.99. The van der Waals surface area contributed by atoms with Crippen LogP contribution in [0.3, 0.4) is 0 Å². The first kappa shape index (κ1) is 21.4. The number of anilines is 2. The van der Waals surface area contributed by atoms with Crippen molar-refractivity contribution < 1.29 is 0 Å². The zero-order valence-electron chi connectivity index (χ0n) is 20.6. The molecule has 5 aromatic rings. The van der Waals surface area contributed by atoms with Crippen LogP contribution >= 0.6 is 0 Å². The predicted molar refractivity (Wildman–Crippen MR) is 147 cm³/mol. The van der Waals surface area contributed by atoms with Crippen LogP contribution in [0.5, 0.6) is 0 Å². The van der Waals surface area contributed by atoms with Crippen molar-refractivity contribution >= 4 is 22.1 Å². The maximum Gasteiger partial charge on any atom is 0.0753 e. The Balaban J connectivity index is 1.85. The molecule has 6 rings (SSSR count). The van der Waals surface area contributed by atoms with Gasteiger partial charge >= 0.3 is 0 Å². The molecule has 0 unspecified atom stereocenters. The van der Waals surface area contributed by atoms with Crippen LogP contribution < -0.4 is 11.5 Å². The summed E-state index contributed by atoms with van der Waals surface area (Å²) in [5, 5.41) is 2.43. The Morgan fingerprint density at radius 1 is 0.600 bits per heavy atom. The monoisotopic (exact) mass is 455 g/mol. The smallest absolute Gasteiger partial charge is 0.0753 e. The van der Waals surface area contributed by atoms with Crippen molar-refractivity contribution in [2.75, 3.05) is 11.5 Å². The van der Waals surface area contributed by atoms with Crippen LogP contribution in [-0.4, -0.2) is 4.98 Å². The summed E-state index contributed by atoms with van der Waals surface area (Å²) in [5.41, 5.74) is 25.4. The third-order valence-corrected chi connectivity index (χ3v) is 7.81. The number of hydrogen-bond donors (Lipinski definition) is 2. The number of hydrogen-bond acceptors (Lipinski definition) is 3. The molecular formula is C32H29N3. The molecule has 3 nitrogen and oxygen atoms in total. The van der Waals surface area contributed by atoms with E-state index >= 15 is 0 Å². The minimum Gasteiger partial charge on any atom is -0.398 e. The van der Waals surface area contributed by atoms with E-state index in [0.717, 1.165) is 39.3 Å². The number of pyridine rings is 1. The Morgan fingerprint density at radius 2 is 1.11 bits per heavy atom. The minimum atomic E-state index is -0.532. The van der Waals surface area contributed by atoms with E-state index < -0.39 is 5.41 Å². The standard InChI is InChI=1S/C32H29N3/c1-18-12-24(13-19(2)29(18)33)32(25-14-20(3)30(34)21(4)15-25)27-10-7-11-35-31(27)26-16-22-8-5-6-9-23(22)17-28(26)32/h5-17H,33-34H2,1-4H3. The average molecular weight is 456 g/mol. The van der Waals surface area contributed by atoms with Gasteiger partial charge in [0.05, 0.1) is 11.1 Å². The second-order valence-electron chi connectivity index (χ2n) is 9.94. The summed E-state index contributed by atoms with van der Waals surface area (Å²) in [6.07, 6.45) is 1.90. The molecule has 1 heterocycles. The van der Waals surface area contributed by atoms with Gasteiger partial charge < -0.3 is 11.5 Å². The van der Waals surface area contributed by atoms with Gasteiger partial charge in [-0.25, -0.2) is 0 Å².